The van der Waals surface area contributed by atoms with Crippen molar-refractivity contribution in [2.24, 2.45) is 5.73 Å². The largest absolute Gasteiger partial charge is 0.481 e. The van der Waals surface area contributed by atoms with Crippen molar-refractivity contribution in [3.8, 4) is 12.1 Å². The van der Waals surface area contributed by atoms with E-state index in [1.807, 2.05) is 12.1 Å². The van der Waals surface area contributed by atoms with Crippen LogP contribution in [0.2, 0.25) is 0 Å². The standard InChI is InChI=1S/C17H11N5O5S/c18-6-10-14(8-1-3-9(4-2-8)22(26)27)11(7-19)17-21(15(10)20)16(25)12(28-17)5-13(23)24/h1-4,12,14H,5,20H2,(H,23,24). The van der Waals surface area contributed by atoms with Gasteiger partial charge in [-0.1, -0.05) is 23.9 Å². The van der Waals surface area contributed by atoms with Crippen LogP contribution in [0.5, 0.6) is 0 Å². The number of fused-ring (bicyclic) bond motifs is 1. The summed E-state index contributed by atoms with van der Waals surface area (Å²) in [4.78, 5) is 34.9. The lowest BCUT2D eigenvalue weighted by Gasteiger charge is -2.29. The topological polar surface area (TPSA) is 174 Å². The highest BCUT2D eigenvalue weighted by atomic mass is 32.2. The van der Waals surface area contributed by atoms with E-state index in [4.69, 9.17) is 10.8 Å². The van der Waals surface area contributed by atoms with Crippen molar-refractivity contribution in [3.63, 3.8) is 0 Å². The molecule has 0 bridgehead atoms. The normalized spacial score (nSPS) is 21.2. The maximum absolute atomic E-state index is 12.6. The molecule has 1 aromatic carbocycles. The molecule has 2 heterocycles. The minimum Gasteiger partial charge on any atom is -0.481 e. The fourth-order valence-corrected chi connectivity index (χ4v) is 4.36. The summed E-state index contributed by atoms with van der Waals surface area (Å²) in [7, 11) is 0. The number of carboxylic acids is 1. The highest BCUT2D eigenvalue weighted by Crippen LogP contribution is 2.49. The highest BCUT2D eigenvalue weighted by molar-refractivity contribution is 8.04. The Balaban J connectivity index is 2.15. The molecule has 3 rings (SSSR count). The van der Waals surface area contributed by atoms with Crippen LogP contribution in [0, 0.1) is 32.8 Å². The summed E-state index contributed by atoms with van der Waals surface area (Å²) < 4.78 is 0. The van der Waals surface area contributed by atoms with Gasteiger partial charge in [0.25, 0.3) is 5.69 Å². The number of nitrogens with zero attached hydrogens (tertiary/aromatic N) is 4. The summed E-state index contributed by atoms with van der Waals surface area (Å²) in [6.07, 6.45) is -0.459. The lowest BCUT2D eigenvalue weighted by atomic mass is 9.83. The molecule has 0 aliphatic carbocycles. The van der Waals surface area contributed by atoms with Crippen LogP contribution in [0.15, 0.2) is 46.3 Å². The second-order valence-corrected chi connectivity index (χ2v) is 7.09. The molecule has 2 unspecified atom stereocenters. The number of nitriles is 2. The molecule has 0 radical (unpaired) electrons. The molecule has 28 heavy (non-hydrogen) atoms. The molecule has 2 aliphatic rings. The van der Waals surface area contributed by atoms with Gasteiger partial charge in [-0.15, -0.1) is 0 Å². The van der Waals surface area contributed by atoms with E-state index in [1.54, 1.807) is 0 Å². The predicted octanol–water partition coefficient (Wildman–Crippen LogP) is 1.54. The van der Waals surface area contributed by atoms with Gasteiger partial charge in [-0.3, -0.25) is 24.6 Å². The Morgan fingerprint density at radius 2 is 1.89 bits per heavy atom. The number of carbonyl (C=O) groups is 2. The van der Waals surface area contributed by atoms with Gasteiger partial charge in [0, 0.05) is 12.1 Å². The molecule has 11 heteroatoms. The molecular formula is C17H11N5O5S. The molecule has 1 fully saturated rings. The van der Waals surface area contributed by atoms with Gasteiger partial charge < -0.3 is 10.8 Å². The van der Waals surface area contributed by atoms with Crippen molar-refractivity contribution in [2.75, 3.05) is 0 Å². The van der Waals surface area contributed by atoms with E-state index in [0.717, 1.165) is 16.7 Å². The summed E-state index contributed by atoms with van der Waals surface area (Å²) in [5, 5.41) is 38.4. The number of aliphatic carboxylic acids is 1. The van der Waals surface area contributed by atoms with Crippen LogP contribution in [-0.2, 0) is 9.59 Å². The molecule has 2 aliphatic heterocycles. The smallest absolute Gasteiger partial charge is 0.305 e. The molecule has 0 saturated carbocycles. The number of non-ortho nitro benzene ring substituents is 1. The number of carboxylic acid groups (broad SMARTS) is 1. The number of nitrogens with two attached hydrogens (primary N) is 1. The van der Waals surface area contributed by atoms with Crippen LogP contribution >= 0.6 is 11.8 Å². The third kappa shape index (κ3) is 2.94. The molecule has 3 N–H and O–H groups in total. The van der Waals surface area contributed by atoms with Gasteiger partial charge in [-0.25, -0.2) is 0 Å². The third-order valence-electron chi connectivity index (χ3n) is 4.32. The minimum absolute atomic E-state index is 0.0564. The monoisotopic (exact) mass is 397 g/mol. The lowest BCUT2D eigenvalue weighted by molar-refractivity contribution is -0.384. The number of carbonyl (C=O) groups excluding carboxylic acids is 1. The fraction of sp³-hybridized carbons (Fsp3) is 0.176. The van der Waals surface area contributed by atoms with E-state index in [0.29, 0.717) is 5.56 Å². The first-order valence-electron chi connectivity index (χ1n) is 7.81. The van der Waals surface area contributed by atoms with Crippen molar-refractivity contribution in [3.05, 3.63) is 61.9 Å². The van der Waals surface area contributed by atoms with Crippen molar-refractivity contribution in [1.29, 1.82) is 10.5 Å². The molecule has 1 saturated heterocycles. The summed E-state index contributed by atoms with van der Waals surface area (Å²) in [6, 6.07) is 9.21. The SMILES string of the molecule is N#CC1=C(N)N2C(=O)C(CC(=O)O)SC2=C(C#N)C1c1ccc([N+](=O)[O-])cc1. The van der Waals surface area contributed by atoms with E-state index in [-0.39, 0.29) is 27.7 Å². The number of allylic oxidation sites excluding steroid dienone is 2. The second kappa shape index (κ2) is 7.06. The van der Waals surface area contributed by atoms with Gasteiger partial charge in [0.05, 0.1) is 45.6 Å². The van der Waals surface area contributed by atoms with E-state index < -0.39 is 34.4 Å². The van der Waals surface area contributed by atoms with Crippen LogP contribution < -0.4 is 5.73 Å². The number of amides is 1. The van der Waals surface area contributed by atoms with Gasteiger partial charge in [0.15, 0.2) is 0 Å². The highest BCUT2D eigenvalue weighted by Gasteiger charge is 2.47. The molecule has 2 atom stereocenters. The van der Waals surface area contributed by atoms with Crippen molar-refractivity contribution >= 4 is 29.3 Å². The number of thioether (sulfide) groups is 1. The molecule has 1 amide bonds. The average Bonchev–Trinajstić information content (AvgIpc) is 2.97. The fourth-order valence-electron chi connectivity index (χ4n) is 3.07. The average molecular weight is 397 g/mol. The maximum Gasteiger partial charge on any atom is 0.305 e. The second-order valence-electron chi connectivity index (χ2n) is 5.90. The zero-order chi connectivity index (χ0) is 20.6. The number of hydrogen-bond acceptors (Lipinski definition) is 8. The van der Waals surface area contributed by atoms with Gasteiger partial charge >= 0.3 is 5.97 Å². The Morgan fingerprint density at radius 3 is 2.39 bits per heavy atom. The summed E-state index contributed by atoms with van der Waals surface area (Å²) >= 11 is 0.907. The summed E-state index contributed by atoms with van der Waals surface area (Å²) in [5.74, 6) is -2.88. The Kier molecular flexibility index (Phi) is 4.78. The zero-order valence-electron chi connectivity index (χ0n) is 14.0. The Morgan fingerprint density at radius 1 is 1.29 bits per heavy atom. The first kappa shape index (κ1) is 18.9. The maximum atomic E-state index is 12.6. The van der Waals surface area contributed by atoms with Crippen LogP contribution in [0.1, 0.15) is 17.9 Å². The van der Waals surface area contributed by atoms with Crippen LogP contribution in [-0.4, -0.2) is 32.1 Å². The molecule has 0 spiro atoms. The number of rotatable bonds is 4. The van der Waals surface area contributed by atoms with Gasteiger partial charge in [0.2, 0.25) is 5.91 Å². The molecule has 0 aromatic heterocycles. The molecule has 1 aromatic rings. The zero-order valence-corrected chi connectivity index (χ0v) is 14.8. The van der Waals surface area contributed by atoms with Crippen molar-refractivity contribution < 1.29 is 19.6 Å². The third-order valence-corrected chi connectivity index (χ3v) is 5.59. The van der Waals surface area contributed by atoms with Gasteiger partial charge in [0.1, 0.15) is 11.1 Å². The number of benzene rings is 1. The Hall–Kier alpha value is -3.83. The number of nitro benzene ring substituents is 1. The van der Waals surface area contributed by atoms with E-state index in [9.17, 15) is 30.2 Å². The predicted molar refractivity (Wildman–Crippen MR) is 95.8 cm³/mol. The van der Waals surface area contributed by atoms with Crippen molar-refractivity contribution in [1.82, 2.24) is 4.90 Å². The Bertz CT molecular complexity index is 1050. The van der Waals surface area contributed by atoms with Crippen LogP contribution in [0.25, 0.3) is 0 Å². The quantitative estimate of drug-likeness (QED) is 0.564. The van der Waals surface area contributed by atoms with Crippen molar-refractivity contribution in [2.45, 2.75) is 17.6 Å². The van der Waals surface area contributed by atoms with E-state index >= 15 is 0 Å². The first-order chi connectivity index (χ1) is 13.3. The number of nitro groups is 1. The summed E-state index contributed by atoms with van der Waals surface area (Å²) in [6.45, 7) is 0. The molecular weight excluding hydrogens is 386 g/mol. The van der Waals surface area contributed by atoms with Crippen LogP contribution in [0.3, 0.4) is 0 Å². The van der Waals surface area contributed by atoms with Crippen LogP contribution in [0.4, 0.5) is 5.69 Å². The van der Waals surface area contributed by atoms with Gasteiger partial charge in [-0.05, 0) is 5.56 Å². The molecule has 140 valence electrons. The van der Waals surface area contributed by atoms with E-state index in [2.05, 4.69) is 0 Å². The Labute approximate surface area is 162 Å². The van der Waals surface area contributed by atoms with E-state index in [1.165, 1.54) is 24.3 Å². The number of hydrogen-bond donors (Lipinski definition) is 2. The molecule has 10 nitrogen and oxygen atoms in total. The lowest BCUT2D eigenvalue weighted by Crippen LogP contribution is -2.37. The summed E-state index contributed by atoms with van der Waals surface area (Å²) in [5.41, 5.74) is 6.30. The minimum atomic E-state index is -1.18. The first-order valence-corrected chi connectivity index (χ1v) is 8.68. The van der Waals surface area contributed by atoms with Gasteiger partial charge in [-0.2, -0.15) is 10.5 Å².